The van der Waals surface area contributed by atoms with E-state index in [9.17, 15) is 0 Å². The smallest absolute Gasteiger partial charge is 0.0379 e. The zero-order chi connectivity index (χ0) is 8.97. The maximum atomic E-state index is 5.88. The maximum absolute atomic E-state index is 5.88. The first-order valence-corrected chi connectivity index (χ1v) is 5.57. The van der Waals surface area contributed by atoms with Crippen LogP contribution in [-0.4, -0.2) is 29.9 Å². The summed E-state index contributed by atoms with van der Waals surface area (Å²) in [7, 11) is 0. The molecule has 1 saturated heterocycles. The predicted molar refractivity (Wildman–Crippen MR) is 54.8 cm³/mol. The standard InChI is InChI=1S/C10H20ClN/c1-9(2)5-7-12-6-3-4-10(12)8-11/h9-10H,3-8H2,1-2H3. The molecule has 12 heavy (non-hydrogen) atoms. The Labute approximate surface area is 81.1 Å². The third kappa shape index (κ3) is 2.95. The average Bonchev–Trinajstić information content (AvgIpc) is 2.47. The lowest BCUT2D eigenvalue weighted by Gasteiger charge is -2.23. The minimum absolute atomic E-state index is 0.672. The van der Waals surface area contributed by atoms with Crippen molar-refractivity contribution in [3.05, 3.63) is 0 Å². The van der Waals surface area contributed by atoms with Crippen LogP contribution in [0, 0.1) is 5.92 Å². The summed E-state index contributed by atoms with van der Waals surface area (Å²) in [6.45, 7) is 7.08. The van der Waals surface area contributed by atoms with Crippen LogP contribution in [0.15, 0.2) is 0 Å². The van der Waals surface area contributed by atoms with Crippen molar-refractivity contribution in [2.24, 2.45) is 5.92 Å². The van der Waals surface area contributed by atoms with Crippen molar-refractivity contribution in [3.8, 4) is 0 Å². The summed E-state index contributed by atoms with van der Waals surface area (Å²) < 4.78 is 0. The highest BCUT2D eigenvalue weighted by molar-refractivity contribution is 6.18. The van der Waals surface area contributed by atoms with Gasteiger partial charge in [-0.05, 0) is 38.3 Å². The third-order valence-electron chi connectivity index (χ3n) is 2.67. The molecule has 0 aliphatic carbocycles. The summed E-state index contributed by atoms with van der Waals surface area (Å²) in [4.78, 5) is 2.55. The van der Waals surface area contributed by atoms with Crippen LogP contribution in [0.3, 0.4) is 0 Å². The van der Waals surface area contributed by atoms with E-state index in [0.29, 0.717) is 6.04 Å². The first-order chi connectivity index (χ1) is 5.74. The fourth-order valence-electron chi connectivity index (χ4n) is 1.79. The van der Waals surface area contributed by atoms with Gasteiger partial charge < -0.3 is 0 Å². The molecule has 2 heteroatoms. The van der Waals surface area contributed by atoms with Gasteiger partial charge in [0.1, 0.15) is 0 Å². The number of nitrogens with zero attached hydrogens (tertiary/aromatic N) is 1. The number of hydrogen-bond donors (Lipinski definition) is 0. The minimum Gasteiger partial charge on any atom is -0.299 e. The zero-order valence-corrected chi connectivity index (χ0v) is 8.98. The van der Waals surface area contributed by atoms with Crippen molar-refractivity contribution >= 4 is 11.6 Å². The van der Waals surface area contributed by atoms with Gasteiger partial charge in [-0.3, -0.25) is 4.90 Å². The largest absolute Gasteiger partial charge is 0.299 e. The highest BCUT2D eigenvalue weighted by atomic mass is 35.5. The van der Waals surface area contributed by atoms with Gasteiger partial charge in [-0.25, -0.2) is 0 Å². The van der Waals surface area contributed by atoms with Gasteiger partial charge in [-0.2, -0.15) is 0 Å². The first-order valence-electron chi connectivity index (χ1n) is 5.04. The second kappa shape index (κ2) is 5.08. The van der Waals surface area contributed by atoms with Gasteiger partial charge >= 0.3 is 0 Å². The molecule has 0 aromatic heterocycles. The second-order valence-corrected chi connectivity index (χ2v) is 4.48. The molecule has 0 saturated carbocycles. The lowest BCUT2D eigenvalue weighted by Crippen LogP contribution is -2.32. The Hall–Kier alpha value is 0.250. The van der Waals surface area contributed by atoms with E-state index in [0.717, 1.165) is 11.8 Å². The van der Waals surface area contributed by atoms with E-state index in [1.54, 1.807) is 0 Å². The molecule has 1 nitrogen and oxygen atoms in total. The van der Waals surface area contributed by atoms with Gasteiger partial charge in [-0.15, -0.1) is 11.6 Å². The van der Waals surface area contributed by atoms with Crippen LogP contribution in [-0.2, 0) is 0 Å². The summed E-state index contributed by atoms with van der Waals surface area (Å²) in [5, 5.41) is 0. The van der Waals surface area contributed by atoms with Crippen LogP contribution >= 0.6 is 11.6 Å². The highest BCUT2D eigenvalue weighted by Gasteiger charge is 2.22. The molecule has 72 valence electrons. The fourth-order valence-corrected chi connectivity index (χ4v) is 2.14. The van der Waals surface area contributed by atoms with Crippen molar-refractivity contribution in [2.45, 2.75) is 39.2 Å². The van der Waals surface area contributed by atoms with Crippen LogP contribution in [0.1, 0.15) is 33.1 Å². The molecule has 0 aromatic rings. The Morgan fingerprint density at radius 3 is 2.83 bits per heavy atom. The molecule has 1 heterocycles. The average molecular weight is 190 g/mol. The van der Waals surface area contributed by atoms with Crippen LogP contribution in [0.4, 0.5) is 0 Å². The van der Waals surface area contributed by atoms with Gasteiger partial charge in [-0.1, -0.05) is 13.8 Å². The zero-order valence-electron chi connectivity index (χ0n) is 8.22. The number of halogens is 1. The Balaban J connectivity index is 2.21. The van der Waals surface area contributed by atoms with Crippen molar-refractivity contribution < 1.29 is 0 Å². The SMILES string of the molecule is CC(C)CCN1CCCC1CCl. The number of likely N-dealkylation sites (tertiary alicyclic amines) is 1. The van der Waals surface area contributed by atoms with Crippen LogP contribution in [0.5, 0.6) is 0 Å². The molecule has 1 fully saturated rings. The summed E-state index contributed by atoms with van der Waals surface area (Å²) in [5.74, 6) is 1.64. The minimum atomic E-state index is 0.672. The van der Waals surface area contributed by atoms with Crippen molar-refractivity contribution in [2.75, 3.05) is 19.0 Å². The van der Waals surface area contributed by atoms with E-state index >= 15 is 0 Å². The summed E-state index contributed by atoms with van der Waals surface area (Å²) in [6.07, 6.45) is 3.96. The maximum Gasteiger partial charge on any atom is 0.0379 e. The molecule has 0 N–H and O–H groups in total. The Bertz CT molecular complexity index is 125. The molecule has 0 radical (unpaired) electrons. The molecule has 0 aromatic carbocycles. The molecular formula is C10H20ClN. The van der Waals surface area contributed by atoms with Gasteiger partial charge in [0.25, 0.3) is 0 Å². The number of alkyl halides is 1. The van der Waals surface area contributed by atoms with Crippen LogP contribution < -0.4 is 0 Å². The van der Waals surface area contributed by atoms with E-state index in [1.165, 1.54) is 32.4 Å². The quantitative estimate of drug-likeness (QED) is 0.615. The van der Waals surface area contributed by atoms with Gasteiger partial charge in [0.05, 0.1) is 0 Å². The molecule has 0 spiro atoms. The number of rotatable bonds is 4. The van der Waals surface area contributed by atoms with Crippen LogP contribution in [0.25, 0.3) is 0 Å². The van der Waals surface area contributed by atoms with Gasteiger partial charge in [0.15, 0.2) is 0 Å². The normalized spacial score (nSPS) is 25.5. The molecule has 1 unspecified atom stereocenters. The van der Waals surface area contributed by atoms with E-state index in [2.05, 4.69) is 18.7 Å². The molecular weight excluding hydrogens is 170 g/mol. The van der Waals surface area contributed by atoms with Gasteiger partial charge in [0.2, 0.25) is 0 Å². The van der Waals surface area contributed by atoms with Crippen molar-refractivity contribution in [3.63, 3.8) is 0 Å². The molecule has 1 atom stereocenters. The summed E-state index contributed by atoms with van der Waals surface area (Å²) in [6, 6.07) is 0.672. The first kappa shape index (κ1) is 10.3. The molecule has 1 aliphatic rings. The van der Waals surface area contributed by atoms with Crippen molar-refractivity contribution in [1.29, 1.82) is 0 Å². The van der Waals surface area contributed by atoms with E-state index in [4.69, 9.17) is 11.6 Å². The molecule has 1 aliphatic heterocycles. The lowest BCUT2D eigenvalue weighted by atomic mass is 10.1. The molecule has 0 bridgehead atoms. The van der Waals surface area contributed by atoms with E-state index < -0.39 is 0 Å². The van der Waals surface area contributed by atoms with E-state index in [-0.39, 0.29) is 0 Å². The van der Waals surface area contributed by atoms with Gasteiger partial charge in [0, 0.05) is 11.9 Å². The lowest BCUT2D eigenvalue weighted by molar-refractivity contribution is 0.255. The molecule has 0 amide bonds. The molecule has 1 rings (SSSR count). The number of hydrogen-bond acceptors (Lipinski definition) is 1. The topological polar surface area (TPSA) is 3.24 Å². The fraction of sp³-hybridized carbons (Fsp3) is 1.00. The second-order valence-electron chi connectivity index (χ2n) is 4.17. The highest BCUT2D eigenvalue weighted by Crippen LogP contribution is 2.19. The van der Waals surface area contributed by atoms with Crippen LogP contribution in [0.2, 0.25) is 0 Å². The Kier molecular flexibility index (Phi) is 4.38. The monoisotopic (exact) mass is 189 g/mol. The summed E-state index contributed by atoms with van der Waals surface area (Å²) >= 11 is 5.88. The summed E-state index contributed by atoms with van der Waals surface area (Å²) in [5.41, 5.74) is 0. The Morgan fingerprint density at radius 1 is 1.50 bits per heavy atom. The van der Waals surface area contributed by atoms with Crippen molar-refractivity contribution in [1.82, 2.24) is 4.90 Å². The van der Waals surface area contributed by atoms with E-state index in [1.807, 2.05) is 0 Å². The Morgan fingerprint density at radius 2 is 2.25 bits per heavy atom. The third-order valence-corrected chi connectivity index (χ3v) is 3.03. The predicted octanol–water partition coefficient (Wildman–Crippen LogP) is 2.74.